The Bertz CT molecular complexity index is 214. The van der Waals surface area contributed by atoms with E-state index in [9.17, 15) is 5.11 Å². The summed E-state index contributed by atoms with van der Waals surface area (Å²) in [4.78, 5) is 2.51. The van der Waals surface area contributed by atoms with Crippen molar-refractivity contribution in [3.63, 3.8) is 0 Å². The topological polar surface area (TPSA) is 32.7 Å². The minimum atomic E-state index is -0.0962. The summed E-state index contributed by atoms with van der Waals surface area (Å²) in [5.41, 5.74) is 0. The number of likely N-dealkylation sites (tertiary alicyclic amines) is 1. The Hall–Kier alpha value is -0.120. The highest BCUT2D eigenvalue weighted by Crippen LogP contribution is 2.25. The van der Waals surface area contributed by atoms with Crippen molar-refractivity contribution in [3.8, 4) is 0 Å². The molecule has 3 nitrogen and oxygen atoms in total. The first-order valence-corrected chi connectivity index (χ1v) is 7.35. The van der Waals surface area contributed by atoms with Gasteiger partial charge in [-0.15, -0.1) is 0 Å². The second kappa shape index (κ2) is 6.72. The Labute approximate surface area is 105 Å². The minimum absolute atomic E-state index is 0.0962. The highest BCUT2D eigenvalue weighted by molar-refractivity contribution is 4.85. The van der Waals surface area contributed by atoms with Crippen molar-refractivity contribution in [3.05, 3.63) is 0 Å². The molecule has 2 fully saturated rings. The van der Waals surface area contributed by atoms with E-state index in [1.807, 2.05) is 0 Å². The number of hydrogen-bond acceptors (Lipinski definition) is 3. The molecular formula is C14H27NO2. The van der Waals surface area contributed by atoms with E-state index in [1.54, 1.807) is 0 Å². The molecule has 100 valence electrons. The maximum absolute atomic E-state index is 10.2. The molecule has 0 aromatic rings. The molecule has 2 rings (SSSR count). The van der Waals surface area contributed by atoms with E-state index in [2.05, 4.69) is 11.8 Å². The first-order valence-electron chi connectivity index (χ1n) is 7.35. The molecule has 1 heterocycles. The van der Waals surface area contributed by atoms with Crippen LogP contribution in [0.3, 0.4) is 0 Å². The normalized spacial score (nSPS) is 33.5. The van der Waals surface area contributed by atoms with Crippen molar-refractivity contribution in [2.24, 2.45) is 0 Å². The van der Waals surface area contributed by atoms with Crippen molar-refractivity contribution in [2.75, 3.05) is 19.7 Å². The van der Waals surface area contributed by atoms with Gasteiger partial charge in [-0.1, -0.05) is 19.3 Å². The van der Waals surface area contributed by atoms with E-state index >= 15 is 0 Å². The van der Waals surface area contributed by atoms with Crippen molar-refractivity contribution in [1.82, 2.24) is 4.90 Å². The summed E-state index contributed by atoms with van der Waals surface area (Å²) in [7, 11) is 0. The van der Waals surface area contributed by atoms with E-state index in [1.165, 1.54) is 25.7 Å². The standard InChI is InChI=1S/C14H27NO2/c1-2-17-12-8-10-15(11-9-12)13-6-4-3-5-7-14(13)16/h12-14,16H,2-11H2,1H3. The molecule has 0 radical (unpaired) electrons. The molecule has 2 atom stereocenters. The fourth-order valence-corrected chi connectivity index (χ4v) is 3.30. The SMILES string of the molecule is CCOC1CCN(C2CCCCCC2O)CC1. The van der Waals surface area contributed by atoms with Crippen LogP contribution < -0.4 is 0 Å². The first kappa shape index (κ1) is 13.3. The lowest BCUT2D eigenvalue weighted by Crippen LogP contribution is -2.48. The second-order valence-corrected chi connectivity index (χ2v) is 5.46. The van der Waals surface area contributed by atoms with Gasteiger partial charge in [-0.05, 0) is 32.6 Å². The Kier molecular flexibility index (Phi) is 5.26. The fourth-order valence-electron chi connectivity index (χ4n) is 3.30. The van der Waals surface area contributed by atoms with Gasteiger partial charge in [0.2, 0.25) is 0 Å². The average Bonchev–Trinajstić information content (AvgIpc) is 2.56. The van der Waals surface area contributed by atoms with Crippen molar-refractivity contribution in [1.29, 1.82) is 0 Å². The zero-order chi connectivity index (χ0) is 12.1. The van der Waals surface area contributed by atoms with Gasteiger partial charge < -0.3 is 9.84 Å². The molecule has 0 aromatic heterocycles. The number of ether oxygens (including phenoxy) is 1. The van der Waals surface area contributed by atoms with Crippen LogP contribution >= 0.6 is 0 Å². The highest BCUT2D eigenvalue weighted by Gasteiger charge is 2.30. The number of rotatable bonds is 3. The number of piperidine rings is 1. The van der Waals surface area contributed by atoms with Gasteiger partial charge in [-0.2, -0.15) is 0 Å². The van der Waals surface area contributed by atoms with Crippen LogP contribution in [0.25, 0.3) is 0 Å². The Balaban J connectivity index is 1.82. The third kappa shape index (κ3) is 3.67. The monoisotopic (exact) mass is 241 g/mol. The lowest BCUT2D eigenvalue weighted by Gasteiger charge is -2.39. The van der Waals surface area contributed by atoms with Gasteiger partial charge in [0.1, 0.15) is 0 Å². The summed E-state index contributed by atoms with van der Waals surface area (Å²) >= 11 is 0. The number of aliphatic hydroxyl groups is 1. The average molecular weight is 241 g/mol. The Morgan fingerprint density at radius 2 is 1.76 bits per heavy atom. The van der Waals surface area contributed by atoms with Gasteiger partial charge in [0.25, 0.3) is 0 Å². The van der Waals surface area contributed by atoms with Crippen LogP contribution in [0.1, 0.15) is 51.9 Å². The molecular weight excluding hydrogens is 214 g/mol. The van der Waals surface area contributed by atoms with E-state index in [0.29, 0.717) is 12.1 Å². The molecule has 0 bridgehead atoms. The highest BCUT2D eigenvalue weighted by atomic mass is 16.5. The van der Waals surface area contributed by atoms with Crippen LogP contribution in [-0.4, -0.2) is 48.0 Å². The molecule has 3 heteroatoms. The third-order valence-electron chi connectivity index (χ3n) is 4.29. The second-order valence-electron chi connectivity index (χ2n) is 5.46. The van der Waals surface area contributed by atoms with Crippen LogP contribution in [0.15, 0.2) is 0 Å². The Morgan fingerprint density at radius 3 is 2.47 bits per heavy atom. The van der Waals surface area contributed by atoms with Gasteiger partial charge in [0.15, 0.2) is 0 Å². The molecule has 2 unspecified atom stereocenters. The van der Waals surface area contributed by atoms with Crippen LogP contribution in [0, 0.1) is 0 Å². The van der Waals surface area contributed by atoms with Gasteiger partial charge in [-0.3, -0.25) is 4.90 Å². The van der Waals surface area contributed by atoms with Crippen LogP contribution in [0.5, 0.6) is 0 Å². The number of aliphatic hydroxyl groups excluding tert-OH is 1. The quantitative estimate of drug-likeness (QED) is 0.769. The summed E-state index contributed by atoms with van der Waals surface area (Å²) in [6.45, 7) is 5.11. The van der Waals surface area contributed by atoms with Crippen molar-refractivity contribution in [2.45, 2.75) is 70.1 Å². The van der Waals surface area contributed by atoms with E-state index in [0.717, 1.165) is 39.0 Å². The first-order chi connectivity index (χ1) is 8.31. The van der Waals surface area contributed by atoms with Gasteiger partial charge in [-0.25, -0.2) is 0 Å². The predicted octanol–water partition coefficient (Wildman–Crippen LogP) is 2.18. The molecule has 1 N–H and O–H groups in total. The summed E-state index contributed by atoms with van der Waals surface area (Å²) in [5.74, 6) is 0. The zero-order valence-electron chi connectivity index (χ0n) is 11.1. The molecule has 1 saturated carbocycles. The van der Waals surface area contributed by atoms with Crippen molar-refractivity contribution < 1.29 is 9.84 Å². The summed E-state index contributed by atoms with van der Waals surface area (Å²) < 4.78 is 5.68. The predicted molar refractivity (Wildman–Crippen MR) is 69.1 cm³/mol. The number of hydrogen-bond donors (Lipinski definition) is 1. The lowest BCUT2D eigenvalue weighted by molar-refractivity contribution is -0.0216. The van der Waals surface area contributed by atoms with Crippen LogP contribution in [-0.2, 0) is 4.74 Å². The maximum atomic E-state index is 10.2. The molecule has 17 heavy (non-hydrogen) atoms. The van der Waals surface area contributed by atoms with E-state index < -0.39 is 0 Å². The maximum Gasteiger partial charge on any atom is 0.0695 e. The summed E-state index contributed by atoms with van der Waals surface area (Å²) in [6, 6.07) is 0.417. The zero-order valence-corrected chi connectivity index (χ0v) is 11.1. The smallest absolute Gasteiger partial charge is 0.0695 e. The van der Waals surface area contributed by atoms with Gasteiger partial charge in [0.05, 0.1) is 12.2 Å². The minimum Gasteiger partial charge on any atom is -0.391 e. The van der Waals surface area contributed by atoms with Crippen LogP contribution in [0.4, 0.5) is 0 Å². The molecule has 1 saturated heterocycles. The Morgan fingerprint density at radius 1 is 1.06 bits per heavy atom. The molecule has 0 aromatic carbocycles. The molecule has 1 aliphatic heterocycles. The molecule has 1 aliphatic carbocycles. The third-order valence-corrected chi connectivity index (χ3v) is 4.29. The summed E-state index contributed by atoms with van der Waals surface area (Å²) in [6.07, 6.45) is 8.59. The van der Waals surface area contributed by atoms with Gasteiger partial charge >= 0.3 is 0 Å². The van der Waals surface area contributed by atoms with Crippen molar-refractivity contribution >= 4 is 0 Å². The van der Waals surface area contributed by atoms with E-state index in [4.69, 9.17) is 4.74 Å². The molecule has 0 amide bonds. The number of nitrogens with zero attached hydrogens (tertiary/aromatic N) is 1. The van der Waals surface area contributed by atoms with Crippen LogP contribution in [0.2, 0.25) is 0 Å². The molecule has 0 spiro atoms. The van der Waals surface area contributed by atoms with E-state index in [-0.39, 0.29) is 6.10 Å². The summed E-state index contributed by atoms with van der Waals surface area (Å²) in [5, 5.41) is 10.2. The fraction of sp³-hybridized carbons (Fsp3) is 1.00. The molecule has 2 aliphatic rings. The lowest BCUT2D eigenvalue weighted by atomic mass is 9.99. The van der Waals surface area contributed by atoms with Gasteiger partial charge in [0, 0.05) is 25.7 Å². The largest absolute Gasteiger partial charge is 0.391 e.